The van der Waals surface area contributed by atoms with Crippen molar-refractivity contribution in [3.05, 3.63) is 60.0 Å². The smallest absolute Gasteiger partial charge is 0.331 e. The molecule has 0 fully saturated rings. The zero-order chi connectivity index (χ0) is 16.7. The molecule has 1 aliphatic rings. The van der Waals surface area contributed by atoms with Crippen LogP contribution in [0.25, 0.3) is 11.1 Å². The van der Waals surface area contributed by atoms with E-state index in [4.69, 9.17) is 9.15 Å². The molecule has 2 aromatic carbocycles. The number of oxazole rings is 1. The number of hydrogen-bond acceptors (Lipinski definition) is 6. The maximum absolute atomic E-state index is 12.2. The second-order valence-corrected chi connectivity index (χ2v) is 5.20. The van der Waals surface area contributed by atoms with Gasteiger partial charge in [-0.3, -0.25) is 14.5 Å². The van der Waals surface area contributed by atoms with Crippen LogP contribution in [0.1, 0.15) is 20.7 Å². The average molecular weight is 322 g/mol. The summed E-state index contributed by atoms with van der Waals surface area (Å²) in [6, 6.07) is 11.1. The van der Waals surface area contributed by atoms with Crippen LogP contribution in [0.4, 0.5) is 0 Å². The van der Waals surface area contributed by atoms with Crippen molar-refractivity contribution in [1.82, 2.24) is 9.88 Å². The van der Waals surface area contributed by atoms with E-state index in [-0.39, 0.29) is 5.75 Å². The Kier molecular flexibility index (Phi) is 3.13. The molecule has 0 saturated heterocycles. The van der Waals surface area contributed by atoms with Gasteiger partial charge in [-0.05, 0) is 24.3 Å². The van der Waals surface area contributed by atoms with Crippen molar-refractivity contribution in [2.45, 2.75) is 0 Å². The van der Waals surface area contributed by atoms with Gasteiger partial charge in [0.15, 0.2) is 12.0 Å². The van der Waals surface area contributed by atoms with Gasteiger partial charge in [-0.25, -0.2) is 9.78 Å². The molecule has 0 spiro atoms. The number of nitrogens with zero attached hydrogens (tertiary/aromatic N) is 2. The lowest BCUT2D eigenvalue weighted by Crippen LogP contribution is -2.36. The number of amides is 2. The minimum absolute atomic E-state index is 0.262. The molecular weight excluding hydrogens is 312 g/mol. The van der Waals surface area contributed by atoms with E-state index in [0.29, 0.717) is 22.2 Å². The van der Waals surface area contributed by atoms with Gasteiger partial charge in [-0.15, -0.1) is 0 Å². The van der Waals surface area contributed by atoms with E-state index in [0.717, 1.165) is 4.90 Å². The first kappa shape index (κ1) is 14.1. The molecule has 7 heteroatoms. The summed E-state index contributed by atoms with van der Waals surface area (Å²) in [5.74, 6) is -1.45. The van der Waals surface area contributed by atoms with Crippen LogP contribution in [0.15, 0.2) is 53.3 Å². The summed E-state index contributed by atoms with van der Waals surface area (Å²) in [4.78, 5) is 41.3. The number of esters is 1. The summed E-state index contributed by atoms with van der Waals surface area (Å²) >= 11 is 0. The van der Waals surface area contributed by atoms with Crippen LogP contribution in [0, 0.1) is 0 Å². The van der Waals surface area contributed by atoms with Gasteiger partial charge in [0.1, 0.15) is 17.8 Å². The molecule has 0 N–H and O–H groups in total. The number of carbonyl (C=O) groups excluding carboxylic acids is 3. The fraction of sp³-hybridized carbons (Fsp3) is 0.0588. The monoisotopic (exact) mass is 322 g/mol. The largest absolute Gasteiger partial charge is 0.443 e. The molecule has 7 nitrogen and oxygen atoms in total. The maximum atomic E-state index is 12.2. The Morgan fingerprint density at radius 3 is 2.50 bits per heavy atom. The Hall–Kier alpha value is -3.48. The highest BCUT2D eigenvalue weighted by molar-refractivity contribution is 6.22. The van der Waals surface area contributed by atoms with Crippen LogP contribution in [0.5, 0.6) is 5.75 Å². The van der Waals surface area contributed by atoms with Crippen molar-refractivity contribution < 1.29 is 23.5 Å². The highest BCUT2D eigenvalue weighted by Gasteiger charge is 2.36. The zero-order valence-corrected chi connectivity index (χ0v) is 12.3. The lowest BCUT2D eigenvalue weighted by Gasteiger charge is -2.12. The third kappa shape index (κ3) is 2.23. The van der Waals surface area contributed by atoms with Crippen LogP contribution < -0.4 is 4.74 Å². The van der Waals surface area contributed by atoms with Gasteiger partial charge in [0.2, 0.25) is 0 Å². The number of fused-ring (bicyclic) bond motifs is 2. The van der Waals surface area contributed by atoms with Crippen molar-refractivity contribution in [2.75, 3.05) is 6.54 Å². The molecule has 0 unspecified atom stereocenters. The van der Waals surface area contributed by atoms with Gasteiger partial charge in [0, 0.05) is 6.07 Å². The number of hydrogen-bond donors (Lipinski definition) is 0. The van der Waals surface area contributed by atoms with Gasteiger partial charge in [0.05, 0.1) is 11.1 Å². The maximum Gasteiger partial charge on any atom is 0.331 e. The summed E-state index contributed by atoms with van der Waals surface area (Å²) in [5, 5.41) is 0. The molecule has 2 heterocycles. The number of carbonyl (C=O) groups is 3. The van der Waals surface area contributed by atoms with Crippen LogP contribution in [0.2, 0.25) is 0 Å². The second-order valence-electron chi connectivity index (χ2n) is 5.20. The van der Waals surface area contributed by atoms with Crippen LogP contribution in [-0.2, 0) is 4.79 Å². The minimum atomic E-state index is -0.715. The predicted octanol–water partition coefficient (Wildman–Crippen LogP) is 2.03. The fourth-order valence-corrected chi connectivity index (χ4v) is 2.58. The molecule has 1 aromatic heterocycles. The topological polar surface area (TPSA) is 89.7 Å². The molecule has 0 atom stereocenters. The van der Waals surface area contributed by atoms with Crippen molar-refractivity contribution >= 4 is 28.9 Å². The molecular formula is C17H10N2O5. The van der Waals surface area contributed by atoms with Crippen molar-refractivity contribution in [3.63, 3.8) is 0 Å². The third-order valence-electron chi connectivity index (χ3n) is 3.70. The summed E-state index contributed by atoms with van der Waals surface area (Å²) < 4.78 is 10.3. The molecule has 3 aromatic rings. The quantitative estimate of drug-likeness (QED) is 0.416. The lowest BCUT2D eigenvalue weighted by molar-refractivity contribution is -0.134. The summed E-state index contributed by atoms with van der Waals surface area (Å²) in [6.45, 7) is -0.455. The molecule has 4 rings (SSSR count). The van der Waals surface area contributed by atoms with E-state index < -0.39 is 24.3 Å². The highest BCUT2D eigenvalue weighted by Crippen LogP contribution is 2.23. The van der Waals surface area contributed by atoms with Gasteiger partial charge in [-0.2, -0.15) is 0 Å². The summed E-state index contributed by atoms with van der Waals surface area (Å²) in [5.41, 5.74) is 1.69. The number of ether oxygens (including phenoxy) is 1. The van der Waals surface area contributed by atoms with Gasteiger partial charge >= 0.3 is 5.97 Å². The Morgan fingerprint density at radius 1 is 1.08 bits per heavy atom. The number of rotatable bonds is 3. The van der Waals surface area contributed by atoms with Crippen molar-refractivity contribution in [2.24, 2.45) is 0 Å². The average Bonchev–Trinajstić information content (AvgIpc) is 3.14. The highest BCUT2D eigenvalue weighted by atomic mass is 16.5. The molecule has 0 aliphatic carbocycles. The van der Waals surface area contributed by atoms with Crippen molar-refractivity contribution in [3.8, 4) is 5.75 Å². The van der Waals surface area contributed by atoms with E-state index in [1.165, 1.54) is 6.39 Å². The van der Waals surface area contributed by atoms with E-state index >= 15 is 0 Å². The molecule has 2 amide bonds. The SMILES string of the molecule is O=C(CN1C(=O)c2ccccc2C1=O)Oc1ccc2ocnc2c1. The first-order valence-corrected chi connectivity index (χ1v) is 7.12. The summed E-state index contributed by atoms with van der Waals surface area (Å²) in [6.07, 6.45) is 1.29. The standard InChI is InChI=1S/C17H10N2O5/c20-15(24-10-5-6-14-13(7-10)18-9-23-14)8-19-16(21)11-3-1-2-4-12(11)17(19)22/h1-7,9H,8H2. The summed E-state index contributed by atoms with van der Waals surface area (Å²) in [7, 11) is 0. The number of aromatic nitrogens is 1. The van der Waals surface area contributed by atoms with E-state index in [1.54, 1.807) is 42.5 Å². The predicted molar refractivity (Wildman–Crippen MR) is 81.5 cm³/mol. The van der Waals surface area contributed by atoms with Gasteiger partial charge in [0.25, 0.3) is 11.8 Å². The van der Waals surface area contributed by atoms with Crippen LogP contribution in [0.3, 0.4) is 0 Å². The minimum Gasteiger partial charge on any atom is -0.443 e. The van der Waals surface area contributed by atoms with Crippen LogP contribution in [-0.4, -0.2) is 34.2 Å². The van der Waals surface area contributed by atoms with E-state index in [9.17, 15) is 14.4 Å². The Balaban J connectivity index is 1.50. The lowest BCUT2D eigenvalue weighted by atomic mass is 10.1. The van der Waals surface area contributed by atoms with Gasteiger partial charge in [-0.1, -0.05) is 12.1 Å². The molecule has 0 radical (unpaired) electrons. The molecule has 24 heavy (non-hydrogen) atoms. The van der Waals surface area contributed by atoms with E-state index in [2.05, 4.69) is 4.98 Å². The Labute approximate surface area is 135 Å². The van der Waals surface area contributed by atoms with Gasteiger partial charge < -0.3 is 9.15 Å². The third-order valence-corrected chi connectivity index (χ3v) is 3.70. The fourth-order valence-electron chi connectivity index (χ4n) is 2.58. The number of imide groups is 1. The molecule has 118 valence electrons. The van der Waals surface area contributed by atoms with Crippen LogP contribution >= 0.6 is 0 Å². The van der Waals surface area contributed by atoms with E-state index in [1.807, 2.05) is 0 Å². The zero-order valence-electron chi connectivity index (χ0n) is 12.3. The molecule has 0 bridgehead atoms. The number of benzene rings is 2. The molecule has 0 saturated carbocycles. The Morgan fingerprint density at radius 2 is 1.79 bits per heavy atom. The first-order valence-electron chi connectivity index (χ1n) is 7.12. The first-order chi connectivity index (χ1) is 11.6. The normalized spacial score (nSPS) is 13.4. The van der Waals surface area contributed by atoms with Crippen molar-refractivity contribution in [1.29, 1.82) is 0 Å². The Bertz CT molecular complexity index is 956. The molecule has 1 aliphatic heterocycles. The second kappa shape index (κ2) is 5.31.